The average molecular weight is 347 g/mol. The maximum Gasteiger partial charge on any atom is 0.310 e. The molecule has 2 aliphatic carbocycles. The number of carbonyl (C=O) groups is 1. The summed E-state index contributed by atoms with van der Waals surface area (Å²) in [5, 5.41) is 0. The first-order chi connectivity index (χ1) is 11.9. The molecule has 3 fully saturated rings. The quantitative estimate of drug-likeness (QED) is 0.566. The summed E-state index contributed by atoms with van der Waals surface area (Å²) in [5.41, 5.74) is 3.49. The van der Waals surface area contributed by atoms with Crippen LogP contribution in [0.25, 0.3) is 0 Å². The number of esters is 1. The monoisotopic (exact) mass is 347 g/mol. The van der Waals surface area contributed by atoms with Crippen molar-refractivity contribution in [2.24, 2.45) is 17.3 Å². The minimum atomic E-state index is 0.0364. The maximum atomic E-state index is 12.7. The van der Waals surface area contributed by atoms with E-state index in [1.807, 2.05) is 0 Å². The van der Waals surface area contributed by atoms with Gasteiger partial charge in [0, 0.05) is 25.6 Å². The predicted octanol–water partition coefficient (Wildman–Crippen LogP) is 3.55. The van der Waals surface area contributed by atoms with Crippen molar-refractivity contribution in [2.75, 3.05) is 19.6 Å². The zero-order valence-corrected chi connectivity index (χ0v) is 16.2. The van der Waals surface area contributed by atoms with Gasteiger partial charge >= 0.3 is 5.97 Å². The molecule has 6 atom stereocenters. The van der Waals surface area contributed by atoms with E-state index >= 15 is 0 Å². The molecule has 4 rings (SSSR count). The Morgan fingerprint density at radius 1 is 1.24 bits per heavy atom. The Morgan fingerprint density at radius 3 is 2.68 bits per heavy atom. The van der Waals surface area contributed by atoms with Crippen LogP contribution in [0, 0.1) is 17.3 Å². The average Bonchev–Trinajstić information content (AvgIpc) is 2.79. The van der Waals surface area contributed by atoms with Gasteiger partial charge in [0.15, 0.2) is 0 Å². The third kappa shape index (κ3) is 3.16. The van der Waals surface area contributed by atoms with Gasteiger partial charge in [-0.2, -0.15) is 0 Å². The zero-order valence-electron chi connectivity index (χ0n) is 16.2. The molecule has 4 heteroatoms. The van der Waals surface area contributed by atoms with Gasteiger partial charge in [0.1, 0.15) is 6.10 Å². The third-order valence-electron chi connectivity index (χ3n) is 7.13. The zero-order chi connectivity index (χ0) is 17.8. The van der Waals surface area contributed by atoms with E-state index in [0.717, 1.165) is 32.5 Å². The molecule has 0 aromatic rings. The maximum absolute atomic E-state index is 12.7. The summed E-state index contributed by atoms with van der Waals surface area (Å²) in [4.78, 5) is 15.1. The van der Waals surface area contributed by atoms with E-state index < -0.39 is 0 Å². The van der Waals surface area contributed by atoms with E-state index in [1.54, 1.807) is 11.1 Å². The molecule has 0 spiro atoms. The lowest BCUT2D eigenvalue weighted by molar-refractivity contribution is -0.146. The number of hydrogen-bond acceptors (Lipinski definition) is 4. The van der Waals surface area contributed by atoms with Gasteiger partial charge < -0.3 is 9.47 Å². The van der Waals surface area contributed by atoms with Gasteiger partial charge in [-0.3, -0.25) is 9.69 Å². The Hall–Kier alpha value is -0.870. The normalized spacial score (nSPS) is 45.1. The molecule has 2 heterocycles. The largest absolute Gasteiger partial charge is 0.462 e. The Labute approximate surface area is 151 Å². The highest BCUT2D eigenvalue weighted by Gasteiger charge is 2.53. The highest BCUT2D eigenvalue weighted by atomic mass is 16.6. The van der Waals surface area contributed by atoms with E-state index in [9.17, 15) is 4.79 Å². The van der Waals surface area contributed by atoms with Crippen LogP contribution in [-0.4, -0.2) is 48.8 Å². The number of ether oxygens (including phenoxy) is 2. The fourth-order valence-corrected chi connectivity index (χ4v) is 6.03. The van der Waals surface area contributed by atoms with Gasteiger partial charge in [-0.1, -0.05) is 18.1 Å². The fraction of sp³-hybridized carbons (Fsp3) is 0.857. The molecule has 1 saturated carbocycles. The molecule has 6 unspecified atom stereocenters. The number of nitrogens with zero attached hydrogens (tertiary/aromatic N) is 1. The number of hydrogen-bond donors (Lipinski definition) is 0. The van der Waals surface area contributed by atoms with Crippen LogP contribution in [-0.2, 0) is 14.3 Å². The summed E-state index contributed by atoms with van der Waals surface area (Å²) < 4.78 is 11.8. The van der Waals surface area contributed by atoms with Crippen LogP contribution in [0.15, 0.2) is 11.1 Å². The Balaban J connectivity index is 1.52. The van der Waals surface area contributed by atoms with E-state index in [1.165, 1.54) is 19.3 Å². The summed E-state index contributed by atoms with van der Waals surface area (Å²) in [7, 11) is 0. The lowest BCUT2D eigenvalue weighted by atomic mass is 9.59. The molecule has 0 aromatic heterocycles. The van der Waals surface area contributed by atoms with Crippen molar-refractivity contribution in [1.29, 1.82) is 0 Å². The Bertz CT molecular complexity index is 576. The van der Waals surface area contributed by atoms with Crippen molar-refractivity contribution in [3.8, 4) is 0 Å². The summed E-state index contributed by atoms with van der Waals surface area (Å²) in [6.45, 7) is 11.6. The van der Waals surface area contributed by atoms with Crippen LogP contribution in [0.4, 0.5) is 0 Å². The smallest absolute Gasteiger partial charge is 0.310 e. The standard InChI is InChI=1S/C21H33NO3/c1-13-6-5-7-21(4)9-19-16(8-18(13)21)17(20(23)25-19)12-22-10-14(2)24-15(3)11-22/h14-17,19H,5-12H2,1-4H3. The van der Waals surface area contributed by atoms with Crippen molar-refractivity contribution >= 4 is 5.97 Å². The van der Waals surface area contributed by atoms with Crippen molar-refractivity contribution in [1.82, 2.24) is 4.90 Å². The number of rotatable bonds is 2. The molecule has 0 bridgehead atoms. The van der Waals surface area contributed by atoms with E-state index in [4.69, 9.17) is 9.47 Å². The lowest BCUT2D eigenvalue weighted by Gasteiger charge is -2.46. The number of morpholine rings is 1. The SMILES string of the molecule is CC1=C2CC3C(CC2(C)CCC1)OC(=O)C3CN1CC(C)OC(C)C1. The summed E-state index contributed by atoms with van der Waals surface area (Å²) in [6, 6.07) is 0. The van der Waals surface area contributed by atoms with E-state index in [0.29, 0.717) is 5.92 Å². The second kappa shape index (κ2) is 6.38. The molecule has 140 valence electrons. The number of allylic oxidation sites excluding steroid dienone is 2. The van der Waals surface area contributed by atoms with Gasteiger partial charge in [0.2, 0.25) is 0 Å². The molecule has 2 aliphatic heterocycles. The highest BCUT2D eigenvalue weighted by Crippen LogP contribution is 2.55. The molecule has 4 aliphatic rings. The summed E-state index contributed by atoms with van der Waals surface area (Å²) in [5.74, 6) is 0.452. The predicted molar refractivity (Wildman–Crippen MR) is 97.2 cm³/mol. The lowest BCUT2D eigenvalue weighted by Crippen LogP contribution is -2.49. The van der Waals surface area contributed by atoms with Crippen LogP contribution in [0.1, 0.15) is 59.8 Å². The molecule has 0 N–H and O–H groups in total. The molecular formula is C21H33NO3. The first-order valence-electron chi connectivity index (χ1n) is 10.1. The fourth-order valence-electron chi connectivity index (χ4n) is 6.03. The van der Waals surface area contributed by atoms with Crippen LogP contribution >= 0.6 is 0 Å². The first kappa shape index (κ1) is 17.5. The molecule has 0 radical (unpaired) electrons. The van der Waals surface area contributed by atoms with Crippen LogP contribution < -0.4 is 0 Å². The van der Waals surface area contributed by atoms with Crippen molar-refractivity contribution in [2.45, 2.75) is 78.1 Å². The second-order valence-corrected chi connectivity index (χ2v) is 9.30. The van der Waals surface area contributed by atoms with Gasteiger partial charge in [-0.25, -0.2) is 0 Å². The van der Waals surface area contributed by atoms with Crippen LogP contribution in [0.3, 0.4) is 0 Å². The number of fused-ring (bicyclic) bond motifs is 2. The van der Waals surface area contributed by atoms with Crippen molar-refractivity contribution in [3.63, 3.8) is 0 Å². The first-order valence-corrected chi connectivity index (χ1v) is 10.1. The second-order valence-electron chi connectivity index (χ2n) is 9.30. The minimum Gasteiger partial charge on any atom is -0.462 e. The minimum absolute atomic E-state index is 0.0364. The molecule has 0 amide bonds. The highest BCUT2D eigenvalue weighted by molar-refractivity contribution is 5.76. The van der Waals surface area contributed by atoms with Gasteiger partial charge in [-0.15, -0.1) is 0 Å². The Morgan fingerprint density at radius 2 is 1.96 bits per heavy atom. The Kier molecular flexibility index (Phi) is 4.48. The third-order valence-corrected chi connectivity index (χ3v) is 7.13. The van der Waals surface area contributed by atoms with Crippen LogP contribution in [0.5, 0.6) is 0 Å². The van der Waals surface area contributed by atoms with E-state index in [-0.39, 0.29) is 35.6 Å². The van der Waals surface area contributed by atoms with Crippen molar-refractivity contribution in [3.05, 3.63) is 11.1 Å². The van der Waals surface area contributed by atoms with Gasteiger partial charge in [-0.05, 0) is 58.3 Å². The molecular weight excluding hydrogens is 314 g/mol. The molecule has 4 nitrogen and oxygen atoms in total. The van der Waals surface area contributed by atoms with Gasteiger partial charge in [0.05, 0.1) is 18.1 Å². The molecule has 0 aromatic carbocycles. The van der Waals surface area contributed by atoms with Crippen LogP contribution in [0.2, 0.25) is 0 Å². The summed E-state index contributed by atoms with van der Waals surface area (Å²) >= 11 is 0. The molecule has 25 heavy (non-hydrogen) atoms. The van der Waals surface area contributed by atoms with E-state index in [2.05, 4.69) is 32.6 Å². The topological polar surface area (TPSA) is 38.8 Å². The number of carbonyl (C=O) groups excluding carboxylic acids is 1. The molecule has 2 saturated heterocycles. The van der Waals surface area contributed by atoms with Gasteiger partial charge in [0.25, 0.3) is 0 Å². The summed E-state index contributed by atoms with van der Waals surface area (Å²) in [6.07, 6.45) is 6.49. The van der Waals surface area contributed by atoms with Crippen molar-refractivity contribution < 1.29 is 14.3 Å².